The van der Waals surface area contributed by atoms with Crippen LogP contribution in [0.4, 0.5) is 0 Å². The van der Waals surface area contributed by atoms with Crippen LogP contribution in [-0.4, -0.2) is 59.5 Å². The third kappa shape index (κ3) is 3.78. The van der Waals surface area contributed by atoms with E-state index in [4.69, 9.17) is 5.10 Å². The molecular weight excluding hydrogens is 400 g/mol. The zero-order valence-electron chi connectivity index (χ0n) is 17.7. The van der Waals surface area contributed by atoms with Gasteiger partial charge in [0.25, 0.3) is 5.91 Å². The van der Waals surface area contributed by atoms with Crippen LogP contribution < -0.4 is 0 Å². The maximum Gasteiger partial charge on any atom is 0.272 e. The number of amides is 1. The van der Waals surface area contributed by atoms with Crippen molar-refractivity contribution in [3.05, 3.63) is 47.3 Å². The molecule has 1 unspecified atom stereocenters. The first-order valence-corrected chi connectivity index (χ1v) is 12.3. The van der Waals surface area contributed by atoms with Crippen molar-refractivity contribution in [1.82, 2.24) is 19.0 Å². The number of aryl methyl sites for hydroxylation is 2. The molecule has 1 fully saturated rings. The number of benzene rings is 1. The van der Waals surface area contributed by atoms with E-state index in [0.717, 1.165) is 43.6 Å². The fourth-order valence-electron chi connectivity index (χ4n) is 4.54. The Labute approximate surface area is 178 Å². The van der Waals surface area contributed by atoms with Crippen LogP contribution in [0.5, 0.6) is 0 Å². The summed E-state index contributed by atoms with van der Waals surface area (Å²) >= 11 is 0. The highest BCUT2D eigenvalue weighted by Crippen LogP contribution is 2.31. The second kappa shape index (κ2) is 8.51. The Bertz CT molecular complexity index is 1030. The standard InChI is InChI=1S/C22H30N4O3S/c1-3-17-9-5-6-11-21(17)30(28,29)25-13-7-10-18(16-25)19-15-20-22(27)24(4-2)12-8-14-26(20)23-19/h5-6,9,11,15,18H,3-4,7-8,10,12-14,16H2,1-2H3. The third-order valence-corrected chi connectivity index (χ3v) is 8.22. The molecule has 30 heavy (non-hydrogen) atoms. The van der Waals surface area contributed by atoms with Gasteiger partial charge in [0.1, 0.15) is 5.69 Å². The minimum absolute atomic E-state index is 0.00427. The van der Waals surface area contributed by atoms with Gasteiger partial charge < -0.3 is 4.90 Å². The molecule has 0 aliphatic carbocycles. The van der Waals surface area contributed by atoms with Gasteiger partial charge >= 0.3 is 0 Å². The van der Waals surface area contributed by atoms with Crippen LogP contribution in [0.25, 0.3) is 0 Å². The molecule has 0 spiro atoms. The van der Waals surface area contributed by atoms with Crippen molar-refractivity contribution in [2.24, 2.45) is 0 Å². The van der Waals surface area contributed by atoms with Crippen molar-refractivity contribution in [2.45, 2.75) is 56.9 Å². The minimum atomic E-state index is -3.55. The quantitative estimate of drug-likeness (QED) is 0.731. The second-order valence-electron chi connectivity index (χ2n) is 8.08. The summed E-state index contributed by atoms with van der Waals surface area (Å²) in [5.41, 5.74) is 2.30. The van der Waals surface area contributed by atoms with Crippen LogP contribution >= 0.6 is 0 Å². The highest BCUT2D eigenvalue weighted by atomic mass is 32.2. The molecule has 1 aromatic heterocycles. The maximum atomic E-state index is 13.4. The number of fused-ring (bicyclic) bond motifs is 1. The molecule has 162 valence electrons. The van der Waals surface area contributed by atoms with E-state index in [2.05, 4.69) is 0 Å². The lowest BCUT2D eigenvalue weighted by Gasteiger charge is -2.31. The minimum Gasteiger partial charge on any atom is -0.338 e. The van der Waals surface area contributed by atoms with Gasteiger partial charge in [0.05, 0.1) is 10.6 Å². The number of carbonyl (C=O) groups excluding carboxylic acids is 1. The van der Waals surface area contributed by atoms with E-state index in [-0.39, 0.29) is 11.8 Å². The summed E-state index contributed by atoms with van der Waals surface area (Å²) in [5, 5.41) is 4.72. The van der Waals surface area contributed by atoms with Crippen molar-refractivity contribution < 1.29 is 13.2 Å². The van der Waals surface area contributed by atoms with Gasteiger partial charge in [-0.05, 0) is 50.3 Å². The molecule has 7 nitrogen and oxygen atoms in total. The van der Waals surface area contributed by atoms with Crippen LogP contribution in [0.2, 0.25) is 0 Å². The van der Waals surface area contributed by atoms with Crippen molar-refractivity contribution in [3.8, 4) is 0 Å². The summed E-state index contributed by atoms with van der Waals surface area (Å²) in [6.07, 6.45) is 3.22. The lowest BCUT2D eigenvalue weighted by atomic mass is 9.96. The van der Waals surface area contributed by atoms with Crippen LogP contribution in [0.3, 0.4) is 0 Å². The lowest BCUT2D eigenvalue weighted by molar-refractivity contribution is 0.0766. The van der Waals surface area contributed by atoms with E-state index >= 15 is 0 Å². The molecule has 1 aromatic carbocycles. The molecular formula is C22H30N4O3S. The molecule has 2 aliphatic heterocycles. The molecule has 8 heteroatoms. The second-order valence-corrected chi connectivity index (χ2v) is 9.99. The zero-order chi connectivity index (χ0) is 21.3. The molecule has 0 radical (unpaired) electrons. The molecule has 1 atom stereocenters. The number of hydrogen-bond acceptors (Lipinski definition) is 4. The van der Waals surface area contributed by atoms with Gasteiger partial charge in [0, 0.05) is 38.6 Å². The van der Waals surface area contributed by atoms with Crippen molar-refractivity contribution in [2.75, 3.05) is 26.2 Å². The summed E-state index contributed by atoms with van der Waals surface area (Å²) in [7, 11) is -3.55. The Hall–Kier alpha value is -2.19. The Morgan fingerprint density at radius 1 is 1.10 bits per heavy atom. The predicted molar refractivity (Wildman–Crippen MR) is 115 cm³/mol. The Balaban J connectivity index is 1.60. The molecule has 1 amide bonds. The fraction of sp³-hybridized carbons (Fsp3) is 0.545. The van der Waals surface area contributed by atoms with Gasteiger partial charge in [-0.3, -0.25) is 9.48 Å². The Morgan fingerprint density at radius 2 is 1.90 bits per heavy atom. The molecule has 2 aromatic rings. The van der Waals surface area contributed by atoms with Gasteiger partial charge in [-0.1, -0.05) is 25.1 Å². The molecule has 0 saturated carbocycles. The number of hydrogen-bond donors (Lipinski definition) is 0. The van der Waals surface area contributed by atoms with E-state index in [9.17, 15) is 13.2 Å². The van der Waals surface area contributed by atoms with Gasteiger partial charge in [0.15, 0.2) is 0 Å². The summed E-state index contributed by atoms with van der Waals surface area (Å²) in [6.45, 7) is 7.04. The van der Waals surface area contributed by atoms with E-state index in [0.29, 0.717) is 36.6 Å². The number of sulfonamides is 1. The summed E-state index contributed by atoms with van der Waals surface area (Å²) in [5.74, 6) is 0.0236. The summed E-state index contributed by atoms with van der Waals surface area (Å²) < 4.78 is 30.1. The highest BCUT2D eigenvalue weighted by Gasteiger charge is 2.34. The first-order chi connectivity index (χ1) is 14.5. The van der Waals surface area contributed by atoms with Gasteiger partial charge in [0.2, 0.25) is 10.0 Å². The number of nitrogens with zero attached hydrogens (tertiary/aromatic N) is 4. The number of aromatic nitrogens is 2. The van der Waals surface area contributed by atoms with E-state index < -0.39 is 10.0 Å². The summed E-state index contributed by atoms with van der Waals surface area (Å²) in [4.78, 5) is 15.1. The van der Waals surface area contributed by atoms with Crippen molar-refractivity contribution in [1.29, 1.82) is 0 Å². The Kier molecular flexibility index (Phi) is 5.97. The first kappa shape index (κ1) is 21.1. The number of carbonyl (C=O) groups is 1. The van der Waals surface area contributed by atoms with E-state index in [1.165, 1.54) is 0 Å². The predicted octanol–water partition coefficient (Wildman–Crippen LogP) is 2.88. The number of piperidine rings is 1. The third-order valence-electron chi connectivity index (χ3n) is 6.26. The highest BCUT2D eigenvalue weighted by molar-refractivity contribution is 7.89. The molecule has 4 rings (SSSR count). The van der Waals surface area contributed by atoms with Gasteiger partial charge in [-0.15, -0.1) is 0 Å². The smallest absolute Gasteiger partial charge is 0.272 e. The average molecular weight is 431 g/mol. The normalized spacial score (nSPS) is 20.8. The Morgan fingerprint density at radius 3 is 2.67 bits per heavy atom. The van der Waals surface area contributed by atoms with Gasteiger partial charge in [-0.2, -0.15) is 9.40 Å². The average Bonchev–Trinajstić information content (AvgIpc) is 3.14. The van der Waals surface area contributed by atoms with Crippen molar-refractivity contribution >= 4 is 15.9 Å². The maximum absolute atomic E-state index is 13.4. The SMILES string of the molecule is CCc1ccccc1S(=O)(=O)N1CCCC(c2cc3n(n2)CCCN(CC)C3=O)C1. The number of rotatable bonds is 5. The monoisotopic (exact) mass is 430 g/mol. The van der Waals surface area contributed by atoms with E-state index in [1.807, 2.05) is 41.6 Å². The fourth-order valence-corrected chi connectivity index (χ4v) is 6.36. The lowest BCUT2D eigenvalue weighted by Crippen LogP contribution is -2.39. The molecule has 3 heterocycles. The topological polar surface area (TPSA) is 75.5 Å². The first-order valence-electron chi connectivity index (χ1n) is 10.9. The van der Waals surface area contributed by atoms with Crippen LogP contribution in [0.1, 0.15) is 60.8 Å². The van der Waals surface area contributed by atoms with E-state index in [1.54, 1.807) is 16.4 Å². The summed E-state index contributed by atoms with van der Waals surface area (Å²) in [6, 6.07) is 9.13. The van der Waals surface area contributed by atoms with Gasteiger partial charge in [-0.25, -0.2) is 8.42 Å². The molecule has 1 saturated heterocycles. The van der Waals surface area contributed by atoms with Crippen LogP contribution in [0.15, 0.2) is 35.2 Å². The molecule has 0 bridgehead atoms. The van der Waals surface area contributed by atoms with Crippen LogP contribution in [0, 0.1) is 0 Å². The largest absolute Gasteiger partial charge is 0.338 e. The zero-order valence-corrected chi connectivity index (χ0v) is 18.6. The van der Waals surface area contributed by atoms with Crippen molar-refractivity contribution in [3.63, 3.8) is 0 Å². The van der Waals surface area contributed by atoms with Crippen LogP contribution in [-0.2, 0) is 23.0 Å². The molecule has 2 aliphatic rings. The molecule has 0 N–H and O–H groups in total.